The second kappa shape index (κ2) is 8.70. The fraction of sp³-hybridized carbons (Fsp3) is 0.522. The summed E-state index contributed by atoms with van der Waals surface area (Å²) in [6.45, 7) is 9.10. The molecule has 0 aliphatic heterocycles. The number of rotatable bonds is 6. The molecule has 1 aromatic heterocycles. The van der Waals surface area contributed by atoms with Crippen LogP contribution < -0.4 is 16.0 Å². The van der Waals surface area contributed by atoms with Gasteiger partial charge in [-0.3, -0.25) is 14.8 Å². The Labute approximate surface area is 181 Å². The van der Waals surface area contributed by atoms with Crippen molar-refractivity contribution in [3.05, 3.63) is 50.7 Å². The lowest BCUT2D eigenvalue weighted by Gasteiger charge is -2.44. The van der Waals surface area contributed by atoms with E-state index in [0.717, 1.165) is 17.4 Å². The van der Waals surface area contributed by atoms with Crippen LogP contribution >= 0.6 is 0 Å². The van der Waals surface area contributed by atoms with E-state index in [0.29, 0.717) is 31.0 Å². The third-order valence-corrected chi connectivity index (χ3v) is 5.64. The van der Waals surface area contributed by atoms with Gasteiger partial charge >= 0.3 is 5.69 Å². The van der Waals surface area contributed by atoms with Crippen molar-refractivity contribution in [3.63, 3.8) is 0 Å². The first-order valence-electron chi connectivity index (χ1n) is 10.5. The van der Waals surface area contributed by atoms with E-state index in [2.05, 4.69) is 30.7 Å². The first-order chi connectivity index (χ1) is 14.5. The number of benzene rings is 1. The van der Waals surface area contributed by atoms with Gasteiger partial charge in [-0.05, 0) is 61.3 Å². The van der Waals surface area contributed by atoms with Crippen molar-refractivity contribution in [2.45, 2.75) is 53.1 Å². The molecule has 3 N–H and O–H groups in total. The Balaban J connectivity index is 1.89. The van der Waals surface area contributed by atoms with Crippen LogP contribution in [0.3, 0.4) is 0 Å². The Bertz CT molecular complexity index is 1070. The zero-order chi connectivity index (χ0) is 22.8. The van der Waals surface area contributed by atoms with Gasteiger partial charge in [0.1, 0.15) is 11.3 Å². The van der Waals surface area contributed by atoms with Crippen LogP contribution in [0.4, 0.5) is 0 Å². The molecule has 0 spiro atoms. The highest BCUT2D eigenvalue weighted by Gasteiger charge is 2.40. The number of aliphatic imine (C=N–C) groups is 1. The topological polar surface area (TPSA) is 117 Å². The molecular formula is C23H31N3O5. The summed E-state index contributed by atoms with van der Waals surface area (Å²) in [5, 5.41) is 20.9. The van der Waals surface area contributed by atoms with Gasteiger partial charge in [0.05, 0.1) is 18.4 Å². The molecule has 1 heterocycles. The summed E-state index contributed by atoms with van der Waals surface area (Å²) >= 11 is 0. The molecule has 0 radical (unpaired) electrons. The van der Waals surface area contributed by atoms with Gasteiger partial charge in [-0.2, -0.15) is 0 Å². The minimum Gasteiger partial charge on any atom is -0.494 e. The quantitative estimate of drug-likeness (QED) is 0.610. The van der Waals surface area contributed by atoms with E-state index < -0.39 is 17.1 Å². The summed E-state index contributed by atoms with van der Waals surface area (Å²) in [6, 6.07) is 6.61. The van der Waals surface area contributed by atoms with Crippen LogP contribution in [0.25, 0.3) is 5.69 Å². The number of ether oxygens (including phenoxy) is 1. The Morgan fingerprint density at radius 3 is 2.52 bits per heavy atom. The van der Waals surface area contributed by atoms with E-state index in [1.165, 1.54) is 6.21 Å². The summed E-state index contributed by atoms with van der Waals surface area (Å²) in [6.07, 6.45) is 3.18. The fourth-order valence-electron chi connectivity index (χ4n) is 4.81. The summed E-state index contributed by atoms with van der Waals surface area (Å²) in [5.74, 6) is 0.159. The van der Waals surface area contributed by atoms with Gasteiger partial charge in [0.25, 0.3) is 5.56 Å². The number of nitrogens with zero attached hydrogens (tertiary/aromatic N) is 2. The monoisotopic (exact) mass is 429 g/mol. The van der Waals surface area contributed by atoms with Gasteiger partial charge in [-0.15, -0.1) is 0 Å². The van der Waals surface area contributed by atoms with E-state index in [9.17, 15) is 19.8 Å². The lowest BCUT2D eigenvalue weighted by atomic mass is 9.63. The summed E-state index contributed by atoms with van der Waals surface area (Å²) in [7, 11) is 0. The standard InChI is InChI=1S/C23H31N3O5/c1-5-31-17-8-6-15(7-9-17)26-20(29)18(19(28)25-21(26)30)12-24-14-23(4)11-16(27)10-22(2,3)13-23/h6-9,12,16,27,29H,5,10-11,13-14H2,1-4H3,(H,25,28,30)/t16-,23-/m0/s1. The lowest BCUT2D eigenvalue weighted by molar-refractivity contribution is -0.00472. The number of hydrogen-bond acceptors (Lipinski definition) is 6. The number of aliphatic hydroxyl groups is 1. The minimum atomic E-state index is -0.743. The third kappa shape index (κ3) is 5.25. The molecular weight excluding hydrogens is 398 g/mol. The van der Waals surface area contributed by atoms with Crippen LogP contribution in [-0.4, -0.2) is 45.2 Å². The summed E-state index contributed by atoms with van der Waals surface area (Å²) < 4.78 is 6.42. The van der Waals surface area contributed by atoms with Crippen LogP contribution in [0.2, 0.25) is 0 Å². The van der Waals surface area contributed by atoms with Crippen molar-refractivity contribution >= 4 is 6.21 Å². The highest BCUT2D eigenvalue weighted by Crippen LogP contribution is 2.46. The Morgan fingerprint density at radius 2 is 1.90 bits per heavy atom. The maximum atomic E-state index is 12.3. The average Bonchev–Trinajstić information content (AvgIpc) is 2.64. The molecule has 1 fully saturated rings. The van der Waals surface area contributed by atoms with Crippen molar-refractivity contribution < 1.29 is 14.9 Å². The van der Waals surface area contributed by atoms with Crippen LogP contribution in [0.15, 0.2) is 38.8 Å². The van der Waals surface area contributed by atoms with E-state index in [1.807, 2.05) is 6.92 Å². The fourth-order valence-corrected chi connectivity index (χ4v) is 4.81. The number of aromatic hydroxyl groups is 1. The molecule has 8 heteroatoms. The predicted octanol–water partition coefficient (Wildman–Crippen LogP) is 2.63. The highest BCUT2D eigenvalue weighted by molar-refractivity contribution is 5.82. The van der Waals surface area contributed by atoms with Crippen molar-refractivity contribution in [2.75, 3.05) is 13.2 Å². The van der Waals surface area contributed by atoms with Crippen molar-refractivity contribution in [1.82, 2.24) is 9.55 Å². The van der Waals surface area contributed by atoms with E-state index >= 15 is 0 Å². The highest BCUT2D eigenvalue weighted by atomic mass is 16.5. The number of aromatic nitrogens is 2. The molecule has 1 saturated carbocycles. The van der Waals surface area contributed by atoms with Crippen molar-refractivity contribution in [1.29, 1.82) is 0 Å². The second-order valence-corrected chi connectivity index (χ2v) is 9.44. The first-order valence-corrected chi connectivity index (χ1v) is 10.5. The summed E-state index contributed by atoms with van der Waals surface area (Å²) in [4.78, 5) is 31.3. The number of H-pyrrole nitrogens is 1. The Hall–Kier alpha value is -2.87. The molecule has 8 nitrogen and oxygen atoms in total. The molecule has 1 aliphatic rings. The number of aromatic amines is 1. The Morgan fingerprint density at radius 1 is 1.23 bits per heavy atom. The van der Waals surface area contributed by atoms with Crippen LogP contribution in [0.5, 0.6) is 11.6 Å². The minimum absolute atomic E-state index is 0.00241. The number of nitrogens with one attached hydrogen (secondary N) is 1. The van der Waals surface area contributed by atoms with Gasteiger partial charge in [0.15, 0.2) is 0 Å². The van der Waals surface area contributed by atoms with Crippen LogP contribution in [-0.2, 0) is 0 Å². The smallest absolute Gasteiger partial charge is 0.335 e. The number of hydrogen-bond donors (Lipinski definition) is 3. The molecule has 3 rings (SSSR count). The predicted molar refractivity (Wildman–Crippen MR) is 120 cm³/mol. The van der Waals surface area contributed by atoms with Gasteiger partial charge in [-0.25, -0.2) is 9.36 Å². The van der Waals surface area contributed by atoms with Gasteiger partial charge in [0, 0.05) is 12.8 Å². The lowest BCUT2D eigenvalue weighted by Crippen LogP contribution is -2.40. The number of aliphatic hydroxyl groups excluding tert-OH is 1. The molecule has 0 bridgehead atoms. The largest absolute Gasteiger partial charge is 0.494 e. The molecule has 0 unspecified atom stereocenters. The molecule has 168 valence electrons. The van der Waals surface area contributed by atoms with Crippen molar-refractivity contribution in [2.24, 2.45) is 15.8 Å². The van der Waals surface area contributed by atoms with E-state index in [-0.39, 0.29) is 22.5 Å². The SMILES string of the molecule is CCOc1ccc(-n2c(O)c(C=NC[C@@]3(C)C[C@@H](O)CC(C)(C)C3)c(=O)[nH]c2=O)cc1. The molecule has 2 atom stereocenters. The molecule has 0 amide bonds. The second-order valence-electron chi connectivity index (χ2n) is 9.44. The first kappa shape index (κ1) is 22.8. The molecule has 31 heavy (non-hydrogen) atoms. The maximum absolute atomic E-state index is 12.3. The molecule has 2 aromatic rings. The summed E-state index contributed by atoms with van der Waals surface area (Å²) in [5.41, 5.74) is -1.37. The maximum Gasteiger partial charge on any atom is 0.335 e. The average molecular weight is 430 g/mol. The van der Waals surface area contributed by atoms with E-state index in [1.54, 1.807) is 24.3 Å². The van der Waals surface area contributed by atoms with E-state index in [4.69, 9.17) is 4.74 Å². The molecule has 1 aromatic carbocycles. The van der Waals surface area contributed by atoms with Gasteiger partial charge in [-0.1, -0.05) is 20.8 Å². The van der Waals surface area contributed by atoms with Crippen molar-refractivity contribution in [3.8, 4) is 17.3 Å². The zero-order valence-electron chi connectivity index (χ0n) is 18.5. The Kier molecular flexibility index (Phi) is 6.40. The van der Waals surface area contributed by atoms with Gasteiger partial charge < -0.3 is 14.9 Å². The zero-order valence-corrected chi connectivity index (χ0v) is 18.5. The van der Waals surface area contributed by atoms with Gasteiger partial charge in [0.2, 0.25) is 5.88 Å². The molecule has 0 saturated heterocycles. The van der Waals surface area contributed by atoms with Crippen LogP contribution in [0, 0.1) is 10.8 Å². The normalized spacial score (nSPS) is 23.2. The third-order valence-electron chi connectivity index (χ3n) is 5.64. The molecule has 1 aliphatic carbocycles. The van der Waals surface area contributed by atoms with Crippen LogP contribution in [0.1, 0.15) is 52.5 Å².